The number of carbonyl (C=O) groups is 2. The number of thiophene rings is 1. The van der Waals surface area contributed by atoms with Gasteiger partial charge in [0.25, 0.3) is 5.91 Å². The predicted octanol–water partition coefficient (Wildman–Crippen LogP) is 2.92. The van der Waals surface area contributed by atoms with Crippen molar-refractivity contribution in [2.45, 2.75) is 6.54 Å². The van der Waals surface area contributed by atoms with Crippen LogP contribution in [-0.4, -0.2) is 31.8 Å². The van der Waals surface area contributed by atoms with Crippen molar-refractivity contribution in [2.75, 3.05) is 5.32 Å². The van der Waals surface area contributed by atoms with Gasteiger partial charge in [0, 0.05) is 11.6 Å². The second-order valence-electron chi connectivity index (χ2n) is 5.97. The number of benzene rings is 1. The van der Waals surface area contributed by atoms with Crippen LogP contribution in [0.3, 0.4) is 0 Å². The first-order valence-electron chi connectivity index (χ1n) is 8.35. The van der Waals surface area contributed by atoms with Gasteiger partial charge >= 0.3 is 0 Å². The molecule has 0 radical (unpaired) electrons. The molecule has 3 aromatic heterocycles. The highest BCUT2D eigenvalue weighted by Gasteiger charge is 2.12. The highest BCUT2D eigenvalue weighted by atomic mass is 32.1. The lowest BCUT2D eigenvalue weighted by Crippen LogP contribution is -2.19. The maximum atomic E-state index is 12.3. The molecule has 0 saturated carbocycles. The van der Waals surface area contributed by atoms with E-state index in [0.29, 0.717) is 16.3 Å². The fourth-order valence-electron chi connectivity index (χ4n) is 2.72. The number of anilines is 1. The van der Waals surface area contributed by atoms with Crippen LogP contribution in [0.15, 0.2) is 60.9 Å². The summed E-state index contributed by atoms with van der Waals surface area (Å²) in [5.74, 6) is -0.794. The molecule has 4 aromatic rings. The number of hydrogen-bond acceptors (Lipinski definition) is 6. The van der Waals surface area contributed by atoms with Gasteiger partial charge in [-0.2, -0.15) is 5.10 Å². The monoisotopic (exact) mass is 393 g/mol. The van der Waals surface area contributed by atoms with Crippen molar-refractivity contribution >= 4 is 39.7 Å². The van der Waals surface area contributed by atoms with Crippen molar-refractivity contribution in [3.63, 3.8) is 0 Å². The zero-order valence-electron chi connectivity index (χ0n) is 14.5. The number of rotatable bonds is 5. The number of fused-ring (bicyclic) bond motifs is 1. The third kappa shape index (κ3) is 3.75. The number of amides is 2. The molecule has 0 unspecified atom stereocenters. The summed E-state index contributed by atoms with van der Waals surface area (Å²) in [4.78, 5) is 29.2. The van der Waals surface area contributed by atoms with Crippen molar-refractivity contribution in [3.8, 4) is 10.6 Å². The minimum Gasteiger partial charge on any atom is -0.323 e. The van der Waals surface area contributed by atoms with Crippen molar-refractivity contribution < 1.29 is 14.8 Å². The molecule has 0 aliphatic heterocycles. The molecule has 0 atom stereocenters. The molecule has 0 bridgehead atoms. The van der Waals surface area contributed by atoms with E-state index in [1.807, 2.05) is 30.3 Å². The van der Waals surface area contributed by atoms with Gasteiger partial charge < -0.3 is 5.32 Å². The summed E-state index contributed by atoms with van der Waals surface area (Å²) in [7, 11) is 0. The minimum atomic E-state index is -0.570. The lowest BCUT2D eigenvalue weighted by molar-refractivity contribution is -0.116. The fraction of sp³-hybridized carbons (Fsp3) is 0.0526. The van der Waals surface area contributed by atoms with E-state index in [-0.39, 0.29) is 12.5 Å². The van der Waals surface area contributed by atoms with Gasteiger partial charge in [0.2, 0.25) is 5.91 Å². The topological polar surface area (TPSA) is 109 Å². The number of carbonyl (C=O) groups excluding carboxylic acids is 2. The molecular formula is C19H15N5O3S. The minimum absolute atomic E-state index is 0.0438. The van der Waals surface area contributed by atoms with Crippen molar-refractivity contribution in [1.29, 1.82) is 0 Å². The largest absolute Gasteiger partial charge is 0.323 e. The van der Waals surface area contributed by atoms with Crippen LogP contribution >= 0.6 is 11.3 Å². The van der Waals surface area contributed by atoms with Gasteiger partial charge in [-0.1, -0.05) is 18.2 Å². The Kier molecular flexibility index (Phi) is 4.83. The lowest BCUT2D eigenvalue weighted by atomic mass is 10.2. The summed E-state index contributed by atoms with van der Waals surface area (Å²) in [5.41, 5.74) is 3.72. The highest BCUT2D eigenvalue weighted by molar-refractivity contribution is 7.17. The summed E-state index contributed by atoms with van der Waals surface area (Å²) >= 11 is 1.20. The number of pyridine rings is 1. The Morgan fingerprint density at radius 3 is 2.86 bits per heavy atom. The molecule has 0 aliphatic rings. The Bertz CT molecular complexity index is 1170. The quantitative estimate of drug-likeness (QED) is 0.357. The zero-order chi connectivity index (χ0) is 19.5. The third-order valence-electron chi connectivity index (χ3n) is 4.00. The van der Waals surface area contributed by atoms with E-state index >= 15 is 0 Å². The van der Waals surface area contributed by atoms with E-state index < -0.39 is 5.91 Å². The Balaban J connectivity index is 1.43. The average Bonchev–Trinajstić information content (AvgIpc) is 3.36. The Morgan fingerprint density at radius 1 is 1.14 bits per heavy atom. The average molecular weight is 393 g/mol. The van der Waals surface area contributed by atoms with Crippen LogP contribution in [-0.2, 0) is 11.3 Å². The lowest BCUT2D eigenvalue weighted by Gasteiger charge is -2.06. The first-order valence-corrected chi connectivity index (χ1v) is 9.17. The Labute approximate surface area is 163 Å². The molecule has 3 N–H and O–H groups in total. The molecule has 0 fully saturated rings. The molecule has 8 nitrogen and oxygen atoms in total. The van der Waals surface area contributed by atoms with Gasteiger partial charge in [-0.15, -0.1) is 11.3 Å². The summed E-state index contributed by atoms with van der Waals surface area (Å²) < 4.78 is 1.52. The number of hydrogen-bond donors (Lipinski definition) is 3. The van der Waals surface area contributed by atoms with E-state index in [1.165, 1.54) is 16.0 Å². The number of aromatic nitrogens is 3. The van der Waals surface area contributed by atoms with E-state index in [9.17, 15) is 9.59 Å². The van der Waals surface area contributed by atoms with Gasteiger partial charge in [-0.05, 0) is 30.3 Å². The molecule has 0 saturated heterocycles. The smallest absolute Gasteiger partial charge is 0.284 e. The summed E-state index contributed by atoms with van der Waals surface area (Å²) in [6.45, 7) is 0.0438. The summed E-state index contributed by atoms with van der Waals surface area (Å²) in [6, 6.07) is 14.6. The summed E-state index contributed by atoms with van der Waals surface area (Å²) in [6.07, 6.45) is 3.31. The van der Waals surface area contributed by atoms with Gasteiger partial charge in [0.05, 0.1) is 27.2 Å². The van der Waals surface area contributed by atoms with Crippen LogP contribution < -0.4 is 10.8 Å². The molecule has 1 aromatic carbocycles. The number of para-hydroxylation sites is 1. The van der Waals surface area contributed by atoms with Crippen LogP contribution in [0, 0.1) is 0 Å². The molecule has 2 amide bonds. The number of nitrogens with one attached hydrogen (secondary N) is 2. The number of nitrogens with zero attached hydrogens (tertiary/aromatic N) is 3. The first kappa shape index (κ1) is 17.8. The zero-order valence-corrected chi connectivity index (χ0v) is 15.3. The molecular weight excluding hydrogens is 378 g/mol. The van der Waals surface area contributed by atoms with Gasteiger partial charge in [0.1, 0.15) is 12.2 Å². The van der Waals surface area contributed by atoms with Gasteiger partial charge in [-0.3, -0.25) is 24.5 Å². The van der Waals surface area contributed by atoms with E-state index in [4.69, 9.17) is 5.21 Å². The van der Waals surface area contributed by atoms with E-state index in [1.54, 1.807) is 36.1 Å². The Morgan fingerprint density at radius 2 is 2.00 bits per heavy atom. The molecule has 28 heavy (non-hydrogen) atoms. The van der Waals surface area contributed by atoms with Crippen molar-refractivity contribution in [1.82, 2.24) is 20.2 Å². The Hall–Kier alpha value is -3.56. The molecule has 0 spiro atoms. The summed E-state index contributed by atoms with van der Waals surface area (Å²) in [5, 5.41) is 16.8. The molecule has 0 aliphatic carbocycles. The molecule has 4 rings (SSSR count). The SMILES string of the molecule is O=C(Cn1ccc(-c2ccc(C(=O)NO)s2)n1)Nc1cnc2ccccc2c1. The van der Waals surface area contributed by atoms with E-state index in [0.717, 1.165) is 15.8 Å². The second-order valence-corrected chi connectivity index (χ2v) is 7.05. The maximum Gasteiger partial charge on any atom is 0.284 e. The maximum absolute atomic E-state index is 12.3. The first-order chi connectivity index (χ1) is 13.6. The third-order valence-corrected chi connectivity index (χ3v) is 5.11. The molecule has 140 valence electrons. The van der Waals surface area contributed by atoms with Crippen LogP contribution in [0.4, 0.5) is 5.69 Å². The van der Waals surface area contributed by atoms with Crippen molar-refractivity contribution in [3.05, 3.63) is 65.8 Å². The van der Waals surface area contributed by atoms with Crippen LogP contribution in [0.25, 0.3) is 21.5 Å². The fourth-order valence-corrected chi connectivity index (χ4v) is 3.58. The molecule has 9 heteroatoms. The molecule has 3 heterocycles. The normalized spacial score (nSPS) is 10.8. The standard InChI is InChI=1S/C19H15N5O3S/c25-18(21-13-9-12-3-1-2-4-14(12)20-10-13)11-24-8-7-15(22-24)16-5-6-17(28-16)19(26)23-27/h1-10,27H,11H2,(H,21,25)(H,23,26). The second kappa shape index (κ2) is 7.59. The van der Waals surface area contributed by atoms with E-state index in [2.05, 4.69) is 15.4 Å². The number of hydroxylamine groups is 1. The predicted molar refractivity (Wildman–Crippen MR) is 105 cm³/mol. The van der Waals surface area contributed by atoms with Crippen molar-refractivity contribution in [2.24, 2.45) is 0 Å². The highest BCUT2D eigenvalue weighted by Crippen LogP contribution is 2.26. The van der Waals surface area contributed by atoms with Crippen LogP contribution in [0.5, 0.6) is 0 Å². The van der Waals surface area contributed by atoms with Gasteiger partial charge in [-0.25, -0.2) is 5.48 Å². The van der Waals surface area contributed by atoms with Crippen LogP contribution in [0.1, 0.15) is 9.67 Å². The van der Waals surface area contributed by atoms with Gasteiger partial charge in [0.15, 0.2) is 0 Å². The van der Waals surface area contributed by atoms with Crippen LogP contribution in [0.2, 0.25) is 0 Å².